The molecule has 2 heterocycles. The summed E-state index contributed by atoms with van der Waals surface area (Å²) in [5.41, 5.74) is 2.11. The van der Waals surface area contributed by atoms with Gasteiger partial charge in [-0.2, -0.15) is 0 Å². The predicted molar refractivity (Wildman–Crippen MR) is 81.1 cm³/mol. The van der Waals surface area contributed by atoms with Gasteiger partial charge in [0.1, 0.15) is 0 Å². The van der Waals surface area contributed by atoms with Gasteiger partial charge in [-0.25, -0.2) is 0 Å². The molecule has 1 saturated heterocycles. The Morgan fingerprint density at radius 3 is 2.90 bits per heavy atom. The van der Waals surface area contributed by atoms with Crippen LogP contribution in [0.15, 0.2) is 24.3 Å². The Labute approximate surface area is 124 Å². The molecule has 1 aromatic carbocycles. The molecular formula is C16H21N3O2. The third-order valence-electron chi connectivity index (χ3n) is 4.26. The molecule has 0 saturated carbocycles. The average Bonchev–Trinajstić information content (AvgIpc) is 2.48. The SMILES string of the molecule is CC1CC(C(=O)NC2CCC(=O)NC2)c2ccccc2N1. The molecule has 21 heavy (non-hydrogen) atoms. The number of para-hydroxylation sites is 1. The maximum absolute atomic E-state index is 12.6. The lowest BCUT2D eigenvalue weighted by Gasteiger charge is -2.32. The van der Waals surface area contributed by atoms with E-state index in [0.29, 0.717) is 13.0 Å². The highest BCUT2D eigenvalue weighted by Gasteiger charge is 2.31. The molecule has 5 heteroatoms. The fourth-order valence-corrected chi connectivity index (χ4v) is 3.14. The van der Waals surface area contributed by atoms with Crippen molar-refractivity contribution < 1.29 is 9.59 Å². The fraction of sp³-hybridized carbons (Fsp3) is 0.500. The van der Waals surface area contributed by atoms with Gasteiger partial charge in [-0.15, -0.1) is 0 Å². The first-order chi connectivity index (χ1) is 10.1. The van der Waals surface area contributed by atoms with Gasteiger partial charge in [-0.1, -0.05) is 18.2 Å². The Morgan fingerprint density at radius 2 is 2.14 bits per heavy atom. The van der Waals surface area contributed by atoms with Gasteiger partial charge < -0.3 is 16.0 Å². The van der Waals surface area contributed by atoms with Crippen LogP contribution in [0, 0.1) is 0 Å². The van der Waals surface area contributed by atoms with Crippen molar-refractivity contribution in [3.05, 3.63) is 29.8 Å². The first kappa shape index (κ1) is 13.9. The van der Waals surface area contributed by atoms with Gasteiger partial charge in [0, 0.05) is 30.7 Å². The van der Waals surface area contributed by atoms with Gasteiger partial charge in [-0.05, 0) is 31.4 Å². The Balaban J connectivity index is 1.71. The van der Waals surface area contributed by atoms with Crippen molar-refractivity contribution in [3.8, 4) is 0 Å². The van der Waals surface area contributed by atoms with Gasteiger partial charge in [-0.3, -0.25) is 9.59 Å². The van der Waals surface area contributed by atoms with Crippen LogP contribution in [0.25, 0.3) is 0 Å². The summed E-state index contributed by atoms with van der Waals surface area (Å²) in [5.74, 6) is 0.0216. The van der Waals surface area contributed by atoms with E-state index < -0.39 is 0 Å². The van der Waals surface area contributed by atoms with Crippen molar-refractivity contribution in [1.82, 2.24) is 10.6 Å². The minimum atomic E-state index is -0.116. The number of hydrogen-bond acceptors (Lipinski definition) is 3. The van der Waals surface area contributed by atoms with Crippen LogP contribution < -0.4 is 16.0 Å². The van der Waals surface area contributed by atoms with Crippen LogP contribution in [0.1, 0.15) is 37.7 Å². The molecule has 0 aliphatic carbocycles. The summed E-state index contributed by atoms with van der Waals surface area (Å²) < 4.78 is 0. The Morgan fingerprint density at radius 1 is 1.33 bits per heavy atom. The van der Waals surface area contributed by atoms with Gasteiger partial charge in [0.15, 0.2) is 0 Å². The smallest absolute Gasteiger partial charge is 0.227 e. The van der Waals surface area contributed by atoms with Crippen LogP contribution in [0.3, 0.4) is 0 Å². The predicted octanol–water partition coefficient (Wildman–Crippen LogP) is 1.37. The van der Waals surface area contributed by atoms with E-state index >= 15 is 0 Å². The normalized spacial score (nSPS) is 28.0. The van der Waals surface area contributed by atoms with Crippen LogP contribution in [-0.4, -0.2) is 30.4 Å². The zero-order chi connectivity index (χ0) is 14.8. The summed E-state index contributed by atoms with van der Waals surface area (Å²) in [6.07, 6.45) is 2.01. The van der Waals surface area contributed by atoms with Crippen LogP contribution in [0.2, 0.25) is 0 Å². The maximum Gasteiger partial charge on any atom is 0.227 e. The molecule has 0 aromatic heterocycles. The number of carbonyl (C=O) groups excluding carboxylic acids is 2. The summed E-state index contributed by atoms with van der Waals surface area (Å²) in [6, 6.07) is 8.31. The first-order valence-electron chi connectivity index (χ1n) is 7.56. The average molecular weight is 287 g/mol. The molecule has 2 aliphatic rings. The Bertz CT molecular complexity index is 548. The standard InChI is InChI=1S/C16H21N3O2/c1-10-8-13(12-4-2-3-5-14(12)18-10)16(21)19-11-6-7-15(20)17-9-11/h2-5,10-11,13,18H,6-9H2,1H3,(H,17,20)(H,19,21). The number of anilines is 1. The van der Waals surface area contributed by atoms with Crippen molar-refractivity contribution in [2.45, 2.75) is 44.2 Å². The fourth-order valence-electron chi connectivity index (χ4n) is 3.14. The maximum atomic E-state index is 12.6. The number of piperidine rings is 1. The molecule has 0 bridgehead atoms. The molecule has 1 fully saturated rings. The summed E-state index contributed by atoms with van der Waals surface area (Å²) in [7, 11) is 0. The van der Waals surface area contributed by atoms with Crippen LogP contribution in [0.4, 0.5) is 5.69 Å². The summed E-state index contributed by atoms with van der Waals surface area (Å²) in [4.78, 5) is 23.8. The Kier molecular flexibility index (Phi) is 3.82. The zero-order valence-electron chi connectivity index (χ0n) is 12.2. The van der Waals surface area contributed by atoms with Crippen molar-refractivity contribution in [1.29, 1.82) is 0 Å². The number of rotatable bonds is 2. The lowest BCUT2D eigenvalue weighted by molar-refractivity contribution is -0.126. The second-order valence-electron chi connectivity index (χ2n) is 5.97. The van der Waals surface area contributed by atoms with Crippen LogP contribution in [0.5, 0.6) is 0 Å². The van der Waals surface area contributed by atoms with Crippen molar-refractivity contribution in [3.63, 3.8) is 0 Å². The van der Waals surface area contributed by atoms with Gasteiger partial charge in [0.05, 0.1) is 5.92 Å². The minimum absolute atomic E-state index is 0.0487. The molecule has 112 valence electrons. The van der Waals surface area contributed by atoms with Crippen LogP contribution in [-0.2, 0) is 9.59 Å². The van der Waals surface area contributed by atoms with E-state index in [1.165, 1.54) is 0 Å². The van der Waals surface area contributed by atoms with E-state index in [1.807, 2.05) is 24.3 Å². The van der Waals surface area contributed by atoms with E-state index in [1.54, 1.807) is 0 Å². The Hall–Kier alpha value is -2.04. The van der Waals surface area contributed by atoms with Gasteiger partial charge in [0.2, 0.25) is 11.8 Å². The highest BCUT2D eigenvalue weighted by Crippen LogP contribution is 2.34. The van der Waals surface area contributed by atoms with Crippen molar-refractivity contribution >= 4 is 17.5 Å². The molecule has 3 N–H and O–H groups in total. The highest BCUT2D eigenvalue weighted by atomic mass is 16.2. The summed E-state index contributed by atoms with van der Waals surface area (Å²) >= 11 is 0. The molecular weight excluding hydrogens is 266 g/mol. The third-order valence-corrected chi connectivity index (χ3v) is 4.26. The monoisotopic (exact) mass is 287 g/mol. The highest BCUT2D eigenvalue weighted by molar-refractivity contribution is 5.87. The first-order valence-corrected chi connectivity index (χ1v) is 7.56. The number of hydrogen-bond donors (Lipinski definition) is 3. The number of fused-ring (bicyclic) bond motifs is 1. The van der Waals surface area contributed by atoms with E-state index in [4.69, 9.17) is 0 Å². The number of nitrogens with one attached hydrogen (secondary N) is 3. The van der Waals surface area contributed by atoms with E-state index in [-0.39, 0.29) is 29.8 Å². The molecule has 5 nitrogen and oxygen atoms in total. The lowest BCUT2D eigenvalue weighted by Crippen LogP contribution is -2.49. The zero-order valence-corrected chi connectivity index (χ0v) is 12.2. The van der Waals surface area contributed by atoms with Gasteiger partial charge in [0.25, 0.3) is 0 Å². The molecule has 1 aromatic rings. The van der Waals surface area contributed by atoms with Crippen molar-refractivity contribution in [2.75, 3.05) is 11.9 Å². The second kappa shape index (κ2) is 5.76. The minimum Gasteiger partial charge on any atom is -0.382 e. The van der Waals surface area contributed by atoms with E-state index in [2.05, 4.69) is 22.9 Å². The molecule has 2 aliphatic heterocycles. The topological polar surface area (TPSA) is 70.2 Å². The van der Waals surface area contributed by atoms with E-state index in [0.717, 1.165) is 24.1 Å². The van der Waals surface area contributed by atoms with Crippen molar-refractivity contribution in [2.24, 2.45) is 0 Å². The quantitative estimate of drug-likeness (QED) is 0.769. The molecule has 3 unspecified atom stereocenters. The second-order valence-corrected chi connectivity index (χ2v) is 5.97. The lowest BCUT2D eigenvalue weighted by atomic mass is 9.86. The molecule has 3 atom stereocenters. The summed E-state index contributed by atoms with van der Waals surface area (Å²) in [5, 5.41) is 9.31. The van der Waals surface area contributed by atoms with Crippen LogP contribution >= 0.6 is 0 Å². The number of amides is 2. The van der Waals surface area contributed by atoms with Gasteiger partial charge >= 0.3 is 0 Å². The molecule has 0 spiro atoms. The number of carbonyl (C=O) groups is 2. The third kappa shape index (κ3) is 3.01. The molecule has 3 rings (SSSR count). The largest absolute Gasteiger partial charge is 0.382 e. The molecule has 2 amide bonds. The van der Waals surface area contributed by atoms with E-state index in [9.17, 15) is 9.59 Å². The number of benzene rings is 1. The summed E-state index contributed by atoms with van der Waals surface area (Å²) in [6.45, 7) is 2.63. The molecule has 0 radical (unpaired) electrons.